The largest absolute Gasteiger partial charge is 0.497 e. The predicted octanol–water partition coefficient (Wildman–Crippen LogP) is 2.07. The van der Waals surface area contributed by atoms with Gasteiger partial charge in [-0.1, -0.05) is 0 Å². The van der Waals surface area contributed by atoms with Crippen molar-refractivity contribution >= 4 is 5.82 Å². The second-order valence-corrected chi connectivity index (χ2v) is 3.81. The van der Waals surface area contributed by atoms with Crippen LogP contribution in [0.4, 0.5) is 5.82 Å². The highest BCUT2D eigenvalue weighted by Crippen LogP contribution is 2.18. The first kappa shape index (κ1) is 12.3. The molecule has 0 atom stereocenters. The van der Waals surface area contributed by atoms with Crippen LogP contribution in [0.1, 0.15) is 12.7 Å². The number of nitrogen functional groups attached to an aromatic ring is 1. The molecule has 5 nitrogen and oxygen atoms in total. The number of rotatable bonds is 5. The topological polar surface area (TPSA) is 62.3 Å². The van der Waals surface area contributed by atoms with Crippen LogP contribution in [-0.2, 0) is 13.2 Å². The summed E-state index contributed by atoms with van der Waals surface area (Å²) < 4.78 is 12.7. The zero-order chi connectivity index (χ0) is 13.0. The van der Waals surface area contributed by atoms with Crippen molar-refractivity contribution in [1.29, 1.82) is 0 Å². The van der Waals surface area contributed by atoms with E-state index in [1.165, 1.54) is 0 Å². The minimum atomic E-state index is 0.400. The Bertz CT molecular complexity index is 505. The summed E-state index contributed by atoms with van der Waals surface area (Å²) in [7, 11) is 1.64. The van der Waals surface area contributed by atoms with Gasteiger partial charge in [-0.3, -0.25) is 0 Å². The van der Waals surface area contributed by atoms with Crippen LogP contribution in [0.15, 0.2) is 30.5 Å². The summed E-state index contributed by atoms with van der Waals surface area (Å²) >= 11 is 0. The number of anilines is 1. The molecule has 1 aromatic carbocycles. The van der Waals surface area contributed by atoms with Crippen LogP contribution in [0.2, 0.25) is 0 Å². The zero-order valence-corrected chi connectivity index (χ0v) is 10.6. The molecular weight excluding hydrogens is 230 g/mol. The molecule has 0 amide bonds. The van der Waals surface area contributed by atoms with Crippen LogP contribution in [0, 0.1) is 0 Å². The fraction of sp³-hybridized carbons (Fsp3) is 0.308. The average molecular weight is 247 g/mol. The summed E-state index contributed by atoms with van der Waals surface area (Å²) in [4.78, 5) is 4.22. The van der Waals surface area contributed by atoms with E-state index < -0.39 is 0 Å². The van der Waals surface area contributed by atoms with E-state index in [0.29, 0.717) is 12.4 Å². The van der Waals surface area contributed by atoms with Gasteiger partial charge in [-0.05, 0) is 31.2 Å². The Hall–Kier alpha value is -2.17. The lowest BCUT2D eigenvalue weighted by atomic mass is 10.3. The zero-order valence-electron chi connectivity index (χ0n) is 10.6. The van der Waals surface area contributed by atoms with Crippen molar-refractivity contribution in [2.24, 2.45) is 0 Å². The number of benzene rings is 1. The lowest BCUT2D eigenvalue weighted by Crippen LogP contribution is -2.08. The first-order valence-corrected chi connectivity index (χ1v) is 5.81. The van der Waals surface area contributed by atoms with Gasteiger partial charge in [0.05, 0.1) is 13.3 Å². The van der Waals surface area contributed by atoms with E-state index in [4.69, 9.17) is 15.2 Å². The molecule has 0 saturated heterocycles. The van der Waals surface area contributed by atoms with Gasteiger partial charge in [0.25, 0.3) is 0 Å². The molecule has 0 aliphatic heterocycles. The van der Waals surface area contributed by atoms with Gasteiger partial charge >= 0.3 is 0 Å². The Morgan fingerprint density at radius 3 is 2.50 bits per heavy atom. The molecule has 0 spiro atoms. The van der Waals surface area contributed by atoms with E-state index >= 15 is 0 Å². The summed E-state index contributed by atoms with van der Waals surface area (Å²) in [5.74, 6) is 3.07. The number of hydrogen-bond donors (Lipinski definition) is 1. The van der Waals surface area contributed by atoms with Crippen LogP contribution in [0.5, 0.6) is 11.5 Å². The van der Waals surface area contributed by atoms with Crippen LogP contribution < -0.4 is 15.2 Å². The third-order valence-electron chi connectivity index (χ3n) is 2.71. The Morgan fingerprint density at radius 2 is 1.89 bits per heavy atom. The van der Waals surface area contributed by atoms with Crippen molar-refractivity contribution in [2.45, 2.75) is 20.1 Å². The van der Waals surface area contributed by atoms with Gasteiger partial charge < -0.3 is 19.8 Å². The molecule has 5 heteroatoms. The first-order valence-electron chi connectivity index (χ1n) is 5.81. The van der Waals surface area contributed by atoms with Gasteiger partial charge in [-0.2, -0.15) is 0 Å². The van der Waals surface area contributed by atoms with Gasteiger partial charge in [0.15, 0.2) is 0 Å². The molecule has 0 aliphatic carbocycles. The van der Waals surface area contributed by atoms with Crippen LogP contribution >= 0.6 is 0 Å². The van der Waals surface area contributed by atoms with Crippen molar-refractivity contribution < 1.29 is 9.47 Å². The highest BCUT2D eigenvalue weighted by Gasteiger charge is 2.06. The van der Waals surface area contributed by atoms with Crippen molar-refractivity contribution in [1.82, 2.24) is 9.55 Å². The normalized spacial score (nSPS) is 10.3. The maximum Gasteiger partial charge on any atom is 0.148 e. The van der Waals surface area contributed by atoms with Gasteiger partial charge in [0, 0.05) is 6.54 Å². The molecule has 0 unspecified atom stereocenters. The quantitative estimate of drug-likeness (QED) is 0.878. The third kappa shape index (κ3) is 2.56. The number of ether oxygens (including phenoxy) is 2. The molecule has 1 heterocycles. The highest BCUT2D eigenvalue weighted by molar-refractivity contribution is 5.31. The maximum absolute atomic E-state index is 5.79. The lowest BCUT2D eigenvalue weighted by Gasteiger charge is -2.09. The molecule has 2 N–H and O–H groups in total. The van der Waals surface area contributed by atoms with Crippen LogP contribution in [0.3, 0.4) is 0 Å². The number of nitrogens with zero attached hydrogens (tertiary/aromatic N) is 2. The molecule has 0 saturated carbocycles. The molecule has 2 rings (SSSR count). The lowest BCUT2D eigenvalue weighted by molar-refractivity contribution is 0.289. The van der Waals surface area contributed by atoms with Gasteiger partial charge in [-0.25, -0.2) is 4.98 Å². The standard InChI is InChI=1S/C13H17N3O2/c1-3-16-12(14)8-15-13(16)9-18-11-6-4-10(17-2)5-7-11/h4-8H,3,9,14H2,1-2H3. The Balaban J connectivity index is 2.02. The SMILES string of the molecule is CCn1c(N)cnc1COc1ccc(OC)cc1. The van der Waals surface area contributed by atoms with Crippen molar-refractivity contribution in [3.05, 3.63) is 36.3 Å². The number of nitrogens with two attached hydrogens (primary N) is 1. The van der Waals surface area contributed by atoms with E-state index in [1.54, 1.807) is 13.3 Å². The maximum atomic E-state index is 5.79. The van der Waals surface area contributed by atoms with Crippen molar-refractivity contribution in [3.8, 4) is 11.5 Å². The Labute approximate surface area is 106 Å². The van der Waals surface area contributed by atoms with E-state index in [9.17, 15) is 0 Å². The molecule has 18 heavy (non-hydrogen) atoms. The highest BCUT2D eigenvalue weighted by atomic mass is 16.5. The predicted molar refractivity (Wildman–Crippen MR) is 69.6 cm³/mol. The van der Waals surface area contributed by atoms with E-state index in [1.807, 2.05) is 35.8 Å². The van der Waals surface area contributed by atoms with Crippen LogP contribution in [0.25, 0.3) is 0 Å². The number of imidazole rings is 1. The third-order valence-corrected chi connectivity index (χ3v) is 2.71. The minimum absolute atomic E-state index is 0.400. The summed E-state index contributed by atoms with van der Waals surface area (Å²) in [5.41, 5.74) is 5.79. The fourth-order valence-corrected chi connectivity index (χ4v) is 1.73. The molecule has 1 aromatic heterocycles. The van der Waals surface area contributed by atoms with Gasteiger partial charge in [0.1, 0.15) is 29.7 Å². The second-order valence-electron chi connectivity index (χ2n) is 3.81. The van der Waals surface area contributed by atoms with E-state index in [2.05, 4.69) is 4.98 Å². The fourth-order valence-electron chi connectivity index (χ4n) is 1.73. The molecule has 0 radical (unpaired) electrons. The summed E-state index contributed by atoms with van der Waals surface area (Å²) in [6, 6.07) is 7.44. The molecule has 0 bridgehead atoms. The van der Waals surface area contributed by atoms with Crippen molar-refractivity contribution in [2.75, 3.05) is 12.8 Å². The average Bonchev–Trinajstić information content (AvgIpc) is 2.77. The van der Waals surface area contributed by atoms with E-state index in [-0.39, 0.29) is 0 Å². The molecule has 0 aliphatic rings. The number of hydrogen-bond acceptors (Lipinski definition) is 4. The Morgan fingerprint density at radius 1 is 1.22 bits per heavy atom. The molecule has 96 valence electrons. The summed E-state index contributed by atoms with van der Waals surface area (Å²) in [6.45, 7) is 3.21. The van der Waals surface area contributed by atoms with E-state index in [0.717, 1.165) is 23.9 Å². The molecular formula is C13H17N3O2. The van der Waals surface area contributed by atoms with Crippen molar-refractivity contribution in [3.63, 3.8) is 0 Å². The number of aromatic nitrogens is 2. The number of methoxy groups -OCH3 is 1. The second kappa shape index (κ2) is 5.44. The van der Waals surface area contributed by atoms with Gasteiger partial charge in [-0.15, -0.1) is 0 Å². The summed E-state index contributed by atoms with van der Waals surface area (Å²) in [6.07, 6.45) is 1.65. The monoisotopic (exact) mass is 247 g/mol. The first-order chi connectivity index (χ1) is 8.74. The minimum Gasteiger partial charge on any atom is -0.497 e. The smallest absolute Gasteiger partial charge is 0.148 e. The molecule has 0 fully saturated rings. The Kier molecular flexibility index (Phi) is 3.72. The van der Waals surface area contributed by atoms with Crippen LogP contribution in [-0.4, -0.2) is 16.7 Å². The summed E-state index contributed by atoms with van der Waals surface area (Å²) in [5, 5.41) is 0. The molecule has 2 aromatic rings. The van der Waals surface area contributed by atoms with Gasteiger partial charge in [0.2, 0.25) is 0 Å².